The summed E-state index contributed by atoms with van der Waals surface area (Å²) >= 11 is 3.18. The van der Waals surface area contributed by atoms with Gasteiger partial charge in [-0.15, -0.1) is 0 Å². The van der Waals surface area contributed by atoms with Crippen molar-refractivity contribution < 1.29 is 0 Å². The van der Waals surface area contributed by atoms with Crippen LogP contribution in [0.1, 0.15) is 5.56 Å². The zero-order chi connectivity index (χ0) is 9.97. The molecule has 0 atom stereocenters. The predicted octanol–water partition coefficient (Wildman–Crippen LogP) is 3.18. The van der Waals surface area contributed by atoms with Crippen LogP contribution in [0.3, 0.4) is 0 Å². The second-order valence-corrected chi connectivity index (χ2v) is 5.25. The third kappa shape index (κ3) is 2.08. The number of rotatable bonds is 2. The van der Waals surface area contributed by atoms with Crippen LogP contribution >= 0.6 is 23.1 Å². The molecule has 1 aromatic heterocycles. The van der Waals surface area contributed by atoms with Gasteiger partial charge in [-0.2, -0.15) is 0 Å². The molecular formula is C10H10N2S2. The van der Waals surface area contributed by atoms with Gasteiger partial charge < -0.3 is 5.73 Å². The normalized spacial score (nSPS) is 10.4. The Balaban J connectivity index is 2.23. The van der Waals surface area contributed by atoms with E-state index in [2.05, 4.69) is 24.0 Å². The molecule has 1 heterocycles. The molecule has 0 radical (unpaired) electrons. The van der Waals surface area contributed by atoms with Gasteiger partial charge in [-0.25, -0.2) is 4.98 Å². The molecule has 72 valence electrons. The molecular weight excluding hydrogens is 212 g/mol. The standard InChI is InChI=1S/C10H10N2S2/c1-7-4-2-3-5-8(7)13-10-12-6-9(11)14-10/h2-6H,11H2,1H3. The molecule has 1 aromatic carbocycles. The first kappa shape index (κ1) is 9.55. The Kier molecular flexibility index (Phi) is 2.74. The summed E-state index contributed by atoms with van der Waals surface area (Å²) in [6.07, 6.45) is 1.70. The average Bonchev–Trinajstić information content (AvgIpc) is 2.56. The molecule has 0 amide bonds. The van der Waals surface area contributed by atoms with E-state index >= 15 is 0 Å². The molecule has 14 heavy (non-hydrogen) atoms. The number of aromatic nitrogens is 1. The van der Waals surface area contributed by atoms with Crippen molar-refractivity contribution in [3.05, 3.63) is 36.0 Å². The Morgan fingerprint density at radius 1 is 1.36 bits per heavy atom. The Morgan fingerprint density at radius 3 is 2.79 bits per heavy atom. The molecule has 4 heteroatoms. The van der Waals surface area contributed by atoms with Crippen molar-refractivity contribution in [1.82, 2.24) is 4.98 Å². The number of hydrogen-bond acceptors (Lipinski definition) is 4. The van der Waals surface area contributed by atoms with Crippen LogP contribution in [-0.2, 0) is 0 Å². The van der Waals surface area contributed by atoms with Gasteiger partial charge in [0.2, 0.25) is 0 Å². The third-order valence-corrected chi connectivity index (χ3v) is 3.87. The minimum atomic E-state index is 0.765. The number of nitrogens with two attached hydrogens (primary N) is 1. The fraction of sp³-hybridized carbons (Fsp3) is 0.100. The van der Waals surface area contributed by atoms with E-state index in [4.69, 9.17) is 5.73 Å². The zero-order valence-electron chi connectivity index (χ0n) is 7.73. The summed E-state index contributed by atoms with van der Waals surface area (Å²) in [6.45, 7) is 2.10. The van der Waals surface area contributed by atoms with Crippen LogP contribution in [0.15, 0.2) is 39.7 Å². The van der Waals surface area contributed by atoms with Gasteiger partial charge in [-0.05, 0) is 18.6 Å². The van der Waals surface area contributed by atoms with E-state index in [1.807, 2.05) is 12.1 Å². The predicted molar refractivity (Wildman–Crippen MR) is 61.8 cm³/mol. The Morgan fingerprint density at radius 2 is 2.14 bits per heavy atom. The summed E-state index contributed by atoms with van der Waals surface area (Å²) in [5.41, 5.74) is 6.88. The molecule has 0 saturated heterocycles. The lowest BCUT2D eigenvalue weighted by Crippen LogP contribution is -1.77. The number of nitrogen functional groups attached to an aromatic ring is 1. The van der Waals surface area contributed by atoms with Gasteiger partial charge in [-0.1, -0.05) is 41.3 Å². The highest BCUT2D eigenvalue weighted by molar-refractivity contribution is 8.01. The molecule has 0 aliphatic rings. The minimum absolute atomic E-state index is 0.765. The van der Waals surface area contributed by atoms with Gasteiger partial charge in [0, 0.05) is 4.90 Å². The molecule has 2 N–H and O–H groups in total. The number of thiazole rings is 1. The smallest absolute Gasteiger partial charge is 0.156 e. The fourth-order valence-electron chi connectivity index (χ4n) is 1.08. The average molecular weight is 222 g/mol. The highest BCUT2D eigenvalue weighted by atomic mass is 32.2. The van der Waals surface area contributed by atoms with Crippen LogP contribution in [0.2, 0.25) is 0 Å². The molecule has 0 fully saturated rings. The van der Waals surface area contributed by atoms with Gasteiger partial charge >= 0.3 is 0 Å². The largest absolute Gasteiger partial charge is 0.389 e. The molecule has 0 aliphatic carbocycles. The topological polar surface area (TPSA) is 38.9 Å². The van der Waals surface area contributed by atoms with Gasteiger partial charge in [0.15, 0.2) is 4.34 Å². The summed E-state index contributed by atoms with van der Waals surface area (Å²) in [5, 5.41) is 0.765. The fourth-order valence-corrected chi connectivity index (χ4v) is 2.89. The van der Waals surface area contributed by atoms with Gasteiger partial charge in [0.25, 0.3) is 0 Å². The molecule has 2 nitrogen and oxygen atoms in total. The molecule has 0 saturated carbocycles. The number of aryl methyl sites for hydroxylation is 1. The monoisotopic (exact) mass is 222 g/mol. The summed E-state index contributed by atoms with van der Waals surface area (Å²) in [4.78, 5) is 5.45. The summed E-state index contributed by atoms with van der Waals surface area (Å²) in [7, 11) is 0. The SMILES string of the molecule is Cc1ccccc1Sc1ncc(N)s1. The molecule has 2 rings (SSSR count). The maximum absolute atomic E-state index is 5.61. The summed E-state index contributed by atoms with van der Waals surface area (Å²) in [6, 6.07) is 8.26. The van der Waals surface area contributed by atoms with Gasteiger partial charge in [0.1, 0.15) is 5.00 Å². The van der Waals surface area contributed by atoms with E-state index in [-0.39, 0.29) is 0 Å². The lowest BCUT2D eigenvalue weighted by Gasteiger charge is -2.00. The van der Waals surface area contributed by atoms with E-state index in [0.29, 0.717) is 0 Å². The van der Waals surface area contributed by atoms with E-state index in [1.54, 1.807) is 18.0 Å². The van der Waals surface area contributed by atoms with E-state index in [9.17, 15) is 0 Å². The Hall–Kier alpha value is -1.00. The number of hydrogen-bond donors (Lipinski definition) is 1. The molecule has 0 aliphatic heterocycles. The second-order valence-electron chi connectivity index (χ2n) is 2.90. The van der Waals surface area contributed by atoms with Crippen LogP contribution in [0, 0.1) is 6.92 Å². The molecule has 0 spiro atoms. The van der Waals surface area contributed by atoms with Crippen molar-refractivity contribution in [2.45, 2.75) is 16.2 Å². The van der Waals surface area contributed by atoms with Gasteiger partial charge in [0.05, 0.1) is 6.20 Å². The lowest BCUT2D eigenvalue weighted by molar-refractivity contribution is 1.23. The molecule has 2 aromatic rings. The second kappa shape index (κ2) is 4.02. The van der Waals surface area contributed by atoms with Crippen molar-refractivity contribution in [2.75, 3.05) is 5.73 Å². The maximum atomic E-state index is 5.61. The van der Waals surface area contributed by atoms with E-state index < -0.39 is 0 Å². The first-order chi connectivity index (χ1) is 6.75. The quantitative estimate of drug-likeness (QED) is 0.848. The van der Waals surface area contributed by atoms with Crippen LogP contribution in [0.5, 0.6) is 0 Å². The minimum Gasteiger partial charge on any atom is -0.389 e. The van der Waals surface area contributed by atoms with Crippen LogP contribution < -0.4 is 5.73 Å². The van der Waals surface area contributed by atoms with Crippen molar-refractivity contribution in [3.63, 3.8) is 0 Å². The first-order valence-corrected chi connectivity index (χ1v) is 5.84. The number of benzene rings is 1. The molecule has 0 bridgehead atoms. The van der Waals surface area contributed by atoms with Crippen molar-refractivity contribution in [3.8, 4) is 0 Å². The van der Waals surface area contributed by atoms with E-state index in [1.165, 1.54) is 21.8 Å². The molecule has 0 unspecified atom stereocenters. The lowest BCUT2D eigenvalue weighted by atomic mass is 10.2. The Labute approximate surface area is 91.2 Å². The number of anilines is 1. The van der Waals surface area contributed by atoms with Crippen molar-refractivity contribution >= 4 is 28.1 Å². The van der Waals surface area contributed by atoms with Crippen molar-refractivity contribution in [1.29, 1.82) is 0 Å². The summed E-state index contributed by atoms with van der Waals surface area (Å²) in [5.74, 6) is 0. The van der Waals surface area contributed by atoms with Crippen LogP contribution in [0.25, 0.3) is 0 Å². The first-order valence-electron chi connectivity index (χ1n) is 4.20. The highest BCUT2D eigenvalue weighted by Gasteiger charge is 2.03. The van der Waals surface area contributed by atoms with Crippen LogP contribution in [-0.4, -0.2) is 4.98 Å². The third-order valence-electron chi connectivity index (χ3n) is 1.79. The maximum Gasteiger partial charge on any atom is 0.156 e. The highest BCUT2D eigenvalue weighted by Crippen LogP contribution is 2.33. The van der Waals surface area contributed by atoms with Gasteiger partial charge in [-0.3, -0.25) is 0 Å². The Bertz CT molecular complexity index is 437. The van der Waals surface area contributed by atoms with E-state index in [0.717, 1.165) is 9.34 Å². The van der Waals surface area contributed by atoms with Crippen LogP contribution in [0.4, 0.5) is 5.00 Å². The number of nitrogens with zero attached hydrogens (tertiary/aromatic N) is 1. The summed E-state index contributed by atoms with van der Waals surface area (Å²) < 4.78 is 0.997. The van der Waals surface area contributed by atoms with Crippen molar-refractivity contribution in [2.24, 2.45) is 0 Å². The zero-order valence-corrected chi connectivity index (χ0v) is 9.36.